The van der Waals surface area contributed by atoms with Gasteiger partial charge in [0.05, 0.1) is 49.7 Å². The molecule has 0 aromatic carbocycles. The van der Waals surface area contributed by atoms with Crippen LogP contribution in [0, 0.1) is 23.7 Å². The first kappa shape index (κ1) is 45.7. The zero-order valence-electron chi connectivity index (χ0n) is 29.3. The standard InChI is InChI=1S/C34H59NO14/c1-5-6-11-21(3)32(49-31(43)19-24(34(46)47)17-29(40)41)27(48-30(42)18-23(33(44)45)16-28(38)39)15-20(2)14-25(36)12-9-7-8-10-13-26(37)22(4)35/h20-27,32,36-37H,5-19,35H2,1-4H3,(H,38,39)(H,40,41)(H,44,45)(H,46,47)/t20-,21+,22+,23+,24+,25+,26-,27-,32+/m0/s1. The van der Waals surface area contributed by atoms with Crippen molar-refractivity contribution < 1.29 is 68.9 Å². The van der Waals surface area contributed by atoms with E-state index in [2.05, 4.69) is 0 Å². The monoisotopic (exact) mass is 705 g/mol. The third-order valence-corrected chi connectivity index (χ3v) is 8.56. The number of carbonyl (C=O) groups excluding carboxylic acids is 2. The van der Waals surface area contributed by atoms with Crippen LogP contribution in [0.15, 0.2) is 0 Å². The summed E-state index contributed by atoms with van der Waals surface area (Å²) in [5.74, 6) is -11.8. The summed E-state index contributed by atoms with van der Waals surface area (Å²) in [5.41, 5.74) is 5.68. The van der Waals surface area contributed by atoms with Gasteiger partial charge >= 0.3 is 35.8 Å². The van der Waals surface area contributed by atoms with E-state index in [-0.39, 0.29) is 24.8 Å². The van der Waals surface area contributed by atoms with Gasteiger partial charge in [0.1, 0.15) is 12.2 Å². The van der Waals surface area contributed by atoms with Crippen LogP contribution in [0.4, 0.5) is 0 Å². The molecule has 9 atom stereocenters. The number of carboxylic acid groups (broad SMARTS) is 4. The summed E-state index contributed by atoms with van der Waals surface area (Å²) in [6.45, 7) is 7.23. The van der Waals surface area contributed by atoms with Gasteiger partial charge in [-0.15, -0.1) is 0 Å². The number of carbonyl (C=O) groups is 6. The quantitative estimate of drug-likeness (QED) is 0.0433. The molecule has 0 saturated heterocycles. The summed E-state index contributed by atoms with van der Waals surface area (Å²) in [6.07, 6.45) is -0.0465. The van der Waals surface area contributed by atoms with Crippen molar-refractivity contribution in [3.63, 3.8) is 0 Å². The molecule has 0 aliphatic carbocycles. The van der Waals surface area contributed by atoms with Crippen molar-refractivity contribution in [1.29, 1.82) is 0 Å². The Morgan fingerprint density at radius 1 is 0.633 bits per heavy atom. The lowest BCUT2D eigenvalue weighted by Crippen LogP contribution is -2.42. The minimum atomic E-state index is -1.57. The van der Waals surface area contributed by atoms with Gasteiger partial charge in [-0.25, -0.2) is 0 Å². The molecule has 0 radical (unpaired) electrons. The van der Waals surface area contributed by atoms with Gasteiger partial charge < -0.3 is 45.8 Å². The molecule has 0 spiro atoms. The van der Waals surface area contributed by atoms with Gasteiger partial charge in [-0.2, -0.15) is 0 Å². The molecule has 15 heteroatoms. The first-order valence-electron chi connectivity index (χ1n) is 17.3. The maximum absolute atomic E-state index is 13.0. The second-order valence-electron chi connectivity index (χ2n) is 13.4. The molecule has 0 aliphatic rings. The number of hydrogen-bond donors (Lipinski definition) is 7. The van der Waals surface area contributed by atoms with Crippen LogP contribution in [0.25, 0.3) is 0 Å². The van der Waals surface area contributed by atoms with E-state index < -0.39 is 104 Å². The molecule has 0 amide bonds. The van der Waals surface area contributed by atoms with Gasteiger partial charge in [0.25, 0.3) is 0 Å². The number of nitrogens with two attached hydrogens (primary N) is 1. The van der Waals surface area contributed by atoms with Crippen LogP contribution >= 0.6 is 0 Å². The van der Waals surface area contributed by atoms with Crippen LogP contribution in [0.5, 0.6) is 0 Å². The molecular formula is C34H59NO14. The average molecular weight is 706 g/mol. The number of aliphatic hydroxyl groups is 2. The summed E-state index contributed by atoms with van der Waals surface area (Å²) in [7, 11) is 0. The highest BCUT2D eigenvalue weighted by Crippen LogP contribution is 2.29. The van der Waals surface area contributed by atoms with E-state index in [0.717, 1.165) is 32.1 Å². The Morgan fingerprint density at radius 2 is 1.12 bits per heavy atom. The second kappa shape index (κ2) is 24.8. The number of ether oxygens (including phenoxy) is 2. The molecule has 0 unspecified atom stereocenters. The summed E-state index contributed by atoms with van der Waals surface area (Å²) < 4.78 is 11.4. The van der Waals surface area contributed by atoms with E-state index in [0.29, 0.717) is 25.7 Å². The van der Waals surface area contributed by atoms with E-state index >= 15 is 0 Å². The Hall–Kier alpha value is -3.30. The van der Waals surface area contributed by atoms with Gasteiger partial charge in [0.15, 0.2) is 0 Å². The maximum Gasteiger partial charge on any atom is 0.307 e. The first-order valence-corrected chi connectivity index (χ1v) is 17.3. The molecule has 0 fully saturated rings. The number of hydrogen-bond acceptors (Lipinski definition) is 11. The van der Waals surface area contributed by atoms with Crippen LogP contribution in [0.3, 0.4) is 0 Å². The topological polar surface area (TPSA) is 268 Å². The fourth-order valence-electron chi connectivity index (χ4n) is 5.66. The average Bonchev–Trinajstić information content (AvgIpc) is 2.98. The zero-order chi connectivity index (χ0) is 37.7. The summed E-state index contributed by atoms with van der Waals surface area (Å²) >= 11 is 0. The van der Waals surface area contributed by atoms with Crippen molar-refractivity contribution in [3.8, 4) is 0 Å². The smallest absolute Gasteiger partial charge is 0.307 e. The Morgan fingerprint density at radius 3 is 1.57 bits per heavy atom. The number of unbranched alkanes of at least 4 members (excludes halogenated alkanes) is 4. The molecular weight excluding hydrogens is 646 g/mol. The molecule has 0 aromatic rings. The van der Waals surface area contributed by atoms with Gasteiger partial charge in [-0.05, 0) is 50.9 Å². The van der Waals surface area contributed by atoms with E-state index in [9.17, 15) is 49.2 Å². The van der Waals surface area contributed by atoms with E-state index in [4.69, 9.17) is 25.4 Å². The lowest BCUT2D eigenvalue weighted by molar-refractivity contribution is -0.177. The third-order valence-electron chi connectivity index (χ3n) is 8.56. The zero-order valence-corrected chi connectivity index (χ0v) is 29.3. The fraction of sp³-hybridized carbons (Fsp3) is 0.824. The minimum absolute atomic E-state index is 0.0700. The Bertz CT molecular complexity index is 1030. The van der Waals surface area contributed by atoms with E-state index in [1.165, 1.54) is 0 Å². The molecule has 8 N–H and O–H groups in total. The molecule has 0 bridgehead atoms. The summed E-state index contributed by atoms with van der Waals surface area (Å²) in [6, 6.07) is -0.300. The largest absolute Gasteiger partial charge is 0.481 e. The maximum atomic E-state index is 13.0. The lowest BCUT2D eigenvalue weighted by Gasteiger charge is -2.33. The van der Waals surface area contributed by atoms with Crippen molar-refractivity contribution >= 4 is 35.8 Å². The minimum Gasteiger partial charge on any atom is -0.481 e. The Balaban J connectivity index is 5.94. The van der Waals surface area contributed by atoms with Crippen LogP contribution in [-0.4, -0.2) is 96.9 Å². The molecule has 0 aromatic heterocycles. The van der Waals surface area contributed by atoms with E-state index in [1.54, 1.807) is 20.8 Å². The number of aliphatic hydroxyl groups excluding tert-OH is 2. The van der Waals surface area contributed by atoms with Crippen molar-refractivity contribution in [3.05, 3.63) is 0 Å². The van der Waals surface area contributed by atoms with Gasteiger partial charge in [0.2, 0.25) is 0 Å². The van der Waals surface area contributed by atoms with Crippen molar-refractivity contribution in [2.75, 3.05) is 0 Å². The molecule has 0 aliphatic heterocycles. The lowest BCUT2D eigenvalue weighted by atomic mass is 9.87. The molecule has 0 heterocycles. The summed E-state index contributed by atoms with van der Waals surface area (Å²) in [4.78, 5) is 71.6. The predicted octanol–water partition coefficient (Wildman–Crippen LogP) is 3.59. The normalized spacial score (nSPS) is 17.0. The number of aliphatic carboxylic acids is 4. The second-order valence-corrected chi connectivity index (χ2v) is 13.4. The SMILES string of the molecule is CCCC[C@@H](C)[C@@H](OC(=O)C[C@@H](CC(=O)O)C(=O)O)[C@H](C[C@@H](C)C[C@H](O)CCCCCC[C@H](O)[C@@H](C)N)OC(=O)C[C@@H](CC(=O)O)C(=O)O. The molecule has 49 heavy (non-hydrogen) atoms. The molecule has 15 nitrogen and oxygen atoms in total. The Labute approximate surface area is 288 Å². The third kappa shape index (κ3) is 21.4. The van der Waals surface area contributed by atoms with Crippen molar-refractivity contribution in [2.24, 2.45) is 29.4 Å². The van der Waals surface area contributed by atoms with Crippen LogP contribution in [0.1, 0.15) is 124 Å². The van der Waals surface area contributed by atoms with Gasteiger partial charge in [-0.3, -0.25) is 28.8 Å². The Kier molecular flexibility index (Phi) is 23.1. The molecule has 0 rings (SSSR count). The van der Waals surface area contributed by atoms with Crippen LogP contribution < -0.4 is 5.73 Å². The van der Waals surface area contributed by atoms with Crippen LogP contribution in [0.2, 0.25) is 0 Å². The predicted molar refractivity (Wildman–Crippen MR) is 176 cm³/mol. The fourth-order valence-corrected chi connectivity index (χ4v) is 5.66. The molecule has 284 valence electrons. The van der Waals surface area contributed by atoms with Crippen LogP contribution in [-0.2, 0) is 38.2 Å². The first-order chi connectivity index (χ1) is 22.9. The van der Waals surface area contributed by atoms with Crippen molar-refractivity contribution in [2.45, 2.75) is 154 Å². The highest BCUT2D eigenvalue weighted by molar-refractivity contribution is 5.83. The highest BCUT2D eigenvalue weighted by Gasteiger charge is 2.37. The molecule has 0 saturated carbocycles. The number of rotatable bonds is 29. The number of carboxylic acids is 4. The van der Waals surface area contributed by atoms with E-state index in [1.807, 2.05) is 6.92 Å². The highest BCUT2D eigenvalue weighted by atomic mass is 16.6. The van der Waals surface area contributed by atoms with Gasteiger partial charge in [-0.1, -0.05) is 59.3 Å². The number of esters is 2. The van der Waals surface area contributed by atoms with Crippen molar-refractivity contribution in [1.82, 2.24) is 0 Å². The van der Waals surface area contributed by atoms with Gasteiger partial charge in [0, 0.05) is 6.04 Å². The summed E-state index contributed by atoms with van der Waals surface area (Å²) in [5, 5.41) is 57.6.